The highest BCUT2D eigenvalue weighted by molar-refractivity contribution is 7.99. The summed E-state index contributed by atoms with van der Waals surface area (Å²) >= 11 is 10.1. The number of quaternary nitrogens is 1. The molecule has 0 unspecified atom stereocenters. The normalized spacial score (nSPS) is 11.1. The Morgan fingerprint density at radius 2 is 2.00 bits per heavy atom. The highest BCUT2D eigenvalue weighted by Crippen LogP contribution is 2.07. The monoisotopic (exact) mass is 189 g/mol. The van der Waals surface area contributed by atoms with Gasteiger partial charge in [-0.3, -0.25) is 0 Å². The van der Waals surface area contributed by atoms with Gasteiger partial charge in [0.1, 0.15) is 6.54 Å². The average molecular weight is 189 g/mol. The predicted molar refractivity (Wildman–Crippen MR) is 56.4 cm³/mol. The first kappa shape index (κ1) is 11.0. The van der Waals surface area contributed by atoms with E-state index < -0.39 is 0 Å². The lowest BCUT2D eigenvalue weighted by molar-refractivity contribution is -0.825. The Hall–Kier alpha value is 0.0100. The molecule has 0 heterocycles. The zero-order valence-electron chi connectivity index (χ0n) is 7.17. The molecule has 0 bridgehead atoms. The van der Waals surface area contributed by atoms with Crippen molar-refractivity contribution in [2.75, 3.05) is 19.6 Å². The molecule has 0 N–H and O–H groups in total. The molecule has 0 aromatic rings. The number of rotatable bonds is 4. The van der Waals surface area contributed by atoms with Crippen molar-refractivity contribution in [2.45, 2.75) is 13.8 Å². The maximum Gasteiger partial charge on any atom is 0.101 e. The molecule has 0 aliphatic rings. The fourth-order valence-corrected chi connectivity index (χ4v) is 1.73. The number of likely N-dealkylation sites (N-methyl/N-ethyl adjacent to an activating group) is 1. The Morgan fingerprint density at radius 1 is 1.55 bits per heavy atom. The summed E-state index contributed by atoms with van der Waals surface area (Å²) < 4.78 is 1.36. The molecule has 0 atom stereocenters. The number of thiocarbonyl (C=S) groups is 1. The van der Waals surface area contributed by atoms with Gasteiger partial charge < -0.3 is 29.3 Å². The van der Waals surface area contributed by atoms with Crippen LogP contribution in [0.15, 0.2) is 12.7 Å². The molecule has 64 valence electrons. The van der Waals surface area contributed by atoms with Crippen LogP contribution in [0.1, 0.15) is 13.8 Å². The highest BCUT2D eigenvalue weighted by Gasteiger charge is 2.19. The van der Waals surface area contributed by atoms with Gasteiger partial charge in [0.15, 0.2) is 0 Å². The second kappa shape index (κ2) is 4.80. The summed E-state index contributed by atoms with van der Waals surface area (Å²) in [6.45, 7) is 10.7. The third-order valence-corrected chi connectivity index (χ3v) is 2.85. The van der Waals surface area contributed by atoms with Crippen LogP contribution in [0, 0.1) is 0 Å². The van der Waals surface area contributed by atoms with Crippen LogP contribution in [0.3, 0.4) is 0 Å². The number of hydrogen-bond donors (Lipinski definition) is 0. The molecular formula is C8H15NS2. The van der Waals surface area contributed by atoms with E-state index in [-0.39, 0.29) is 0 Å². The molecule has 0 spiro atoms. The Bertz CT molecular complexity index is 150. The minimum Gasteiger partial charge on any atom is -0.370 e. The van der Waals surface area contributed by atoms with Gasteiger partial charge in [-0.05, 0) is 19.9 Å². The van der Waals surface area contributed by atoms with Crippen LogP contribution in [-0.4, -0.2) is 28.4 Å². The second-order valence-corrected chi connectivity index (χ2v) is 3.55. The van der Waals surface area contributed by atoms with Gasteiger partial charge in [-0.2, -0.15) is 0 Å². The summed E-state index contributed by atoms with van der Waals surface area (Å²) in [5.41, 5.74) is 0. The maximum atomic E-state index is 5.03. The Balaban J connectivity index is 4.45. The van der Waals surface area contributed by atoms with Crippen molar-refractivity contribution in [3.8, 4) is 0 Å². The van der Waals surface area contributed by atoms with Gasteiger partial charge in [0.05, 0.1) is 13.1 Å². The molecule has 0 aromatic heterocycles. The standard InChI is InChI=1S/C8H15NS2/c1-4-7-9(5-2,6-3)8(10)11/h4H,1,5-7H2,2-3H3. The minimum absolute atomic E-state index is 0.648. The van der Waals surface area contributed by atoms with Gasteiger partial charge in [0.2, 0.25) is 0 Å². The smallest absolute Gasteiger partial charge is 0.101 e. The second-order valence-electron chi connectivity index (χ2n) is 2.51. The van der Waals surface area contributed by atoms with Gasteiger partial charge in [-0.1, -0.05) is 6.58 Å². The topological polar surface area (TPSA) is 0 Å². The van der Waals surface area contributed by atoms with E-state index in [2.05, 4.69) is 20.4 Å². The maximum absolute atomic E-state index is 5.03. The SMILES string of the molecule is C=CC[N+](CC)(CC)C(=S)[S-]. The van der Waals surface area contributed by atoms with Gasteiger partial charge in [0.25, 0.3) is 0 Å². The highest BCUT2D eigenvalue weighted by atomic mass is 32.1. The van der Waals surface area contributed by atoms with Crippen LogP contribution in [0.2, 0.25) is 0 Å². The Kier molecular flexibility index (Phi) is 4.81. The Labute approximate surface area is 80.1 Å². The van der Waals surface area contributed by atoms with Crippen LogP contribution >= 0.6 is 12.2 Å². The summed E-state index contributed by atoms with van der Waals surface area (Å²) in [7, 11) is 0. The summed E-state index contributed by atoms with van der Waals surface area (Å²) in [4.78, 5) is 0. The molecule has 0 saturated heterocycles. The van der Waals surface area contributed by atoms with Crippen LogP contribution < -0.4 is 0 Å². The minimum atomic E-state index is 0.648. The molecule has 3 heteroatoms. The third kappa shape index (κ3) is 2.51. The van der Waals surface area contributed by atoms with Crippen LogP contribution in [0.4, 0.5) is 0 Å². The quantitative estimate of drug-likeness (QED) is 0.286. The molecule has 0 rings (SSSR count). The largest absolute Gasteiger partial charge is 0.370 e. The van der Waals surface area contributed by atoms with E-state index >= 15 is 0 Å². The molecule has 0 aliphatic heterocycles. The summed E-state index contributed by atoms with van der Waals surface area (Å²) in [6.07, 6.45) is 1.88. The van der Waals surface area contributed by atoms with Crippen molar-refractivity contribution in [3.63, 3.8) is 0 Å². The van der Waals surface area contributed by atoms with E-state index in [9.17, 15) is 0 Å². The lowest BCUT2D eigenvalue weighted by atomic mass is 10.4. The first-order chi connectivity index (χ1) is 5.13. The lowest BCUT2D eigenvalue weighted by Gasteiger charge is -2.38. The fourth-order valence-electron chi connectivity index (χ4n) is 1.06. The van der Waals surface area contributed by atoms with E-state index in [1.165, 1.54) is 0 Å². The molecule has 0 aliphatic carbocycles. The van der Waals surface area contributed by atoms with Crippen molar-refractivity contribution in [2.24, 2.45) is 0 Å². The number of hydrogen-bond acceptors (Lipinski definition) is 2. The van der Waals surface area contributed by atoms with Crippen molar-refractivity contribution >= 4 is 29.2 Å². The van der Waals surface area contributed by atoms with Crippen LogP contribution in [-0.2, 0) is 12.6 Å². The van der Waals surface area contributed by atoms with E-state index in [0.717, 1.165) is 19.6 Å². The average Bonchev–Trinajstić information content (AvgIpc) is 2.00. The zero-order valence-corrected chi connectivity index (χ0v) is 8.80. The molecular weight excluding hydrogens is 174 g/mol. The summed E-state index contributed by atoms with van der Waals surface area (Å²) in [5, 5.41) is 0. The summed E-state index contributed by atoms with van der Waals surface area (Å²) in [6, 6.07) is 0. The van der Waals surface area contributed by atoms with Crippen molar-refractivity contribution < 1.29 is 4.48 Å². The van der Waals surface area contributed by atoms with E-state index in [1.54, 1.807) is 0 Å². The van der Waals surface area contributed by atoms with Crippen molar-refractivity contribution in [1.29, 1.82) is 0 Å². The zero-order chi connectivity index (χ0) is 8.91. The van der Waals surface area contributed by atoms with E-state index in [1.807, 2.05) is 6.08 Å². The van der Waals surface area contributed by atoms with Crippen LogP contribution in [0.5, 0.6) is 0 Å². The molecule has 0 saturated carbocycles. The molecule has 0 aromatic carbocycles. The molecule has 0 radical (unpaired) electrons. The number of nitrogens with zero attached hydrogens (tertiary/aromatic N) is 1. The van der Waals surface area contributed by atoms with Gasteiger partial charge in [-0.15, -0.1) is 0 Å². The first-order valence-electron chi connectivity index (χ1n) is 3.81. The van der Waals surface area contributed by atoms with Crippen molar-refractivity contribution in [3.05, 3.63) is 12.7 Å². The summed E-state index contributed by atoms with van der Waals surface area (Å²) in [5.74, 6) is 0. The van der Waals surface area contributed by atoms with Gasteiger partial charge in [0, 0.05) is 4.32 Å². The third-order valence-electron chi connectivity index (χ3n) is 2.08. The van der Waals surface area contributed by atoms with Gasteiger partial charge in [-0.25, -0.2) is 0 Å². The van der Waals surface area contributed by atoms with E-state index in [0.29, 0.717) is 8.80 Å². The first-order valence-corrected chi connectivity index (χ1v) is 4.63. The molecule has 11 heavy (non-hydrogen) atoms. The molecule has 0 amide bonds. The fraction of sp³-hybridized carbons (Fsp3) is 0.625. The van der Waals surface area contributed by atoms with Crippen LogP contribution in [0.25, 0.3) is 0 Å². The molecule has 1 nitrogen and oxygen atoms in total. The predicted octanol–water partition coefficient (Wildman–Crippen LogP) is 1.86. The van der Waals surface area contributed by atoms with Crippen molar-refractivity contribution in [1.82, 2.24) is 0 Å². The molecule has 0 fully saturated rings. The van der Waals surface area contributed by atoms with Gasteiger partial charge >= 0.3 is 0 Å². The lowest BCUT2D eigenvalue weighted by Crippen LogP contribution is -2.50. The Morgan fingerprint density at radius 3 is 2.09 bits per heavy atom. The van der Waals surface area contributed by atoms with E-state index in [4.69, 9.17) is 24.8 Å².